The van der Waals surface area contributed by atoms with E-state index < -0.39 is 0 Å². The molecule has 30 heavy (non-hydrogen) atoms. The van der Waals surface area contributed by atoms with E-state index in [4.69, 9.17) is 0 Å². The predicted octanol–water partition coefficient (Wildman–Crippen LogP) is 10.7. The molecule has 0 aliphatic heterocycles. The first kappa shape index (κ1) is 20.9. The molecule has 0 saturated heterocycles. The normalized spacial score (nSPS) is 11.3. The van der Waals surface area contributed by atoms with E-state index in [-0.39, 0.29) is 0 Å². The van der Waals surface area contributed by atoms with Crippen molar-refractivity contribution in [1.82, 2.24) is 0 Å². The third kappa shape index (κ3) is 3.83. The molecular weight excluding hydrogens is 576 g/mol. The SMILES string of the molecule is Cc1ccsc1-c1cc(-c2ccc(Br)s2)c(-c2sccc2C)cc1-c1ccc(Br)s1. The van der Waals surface area contributed by atoms with Gasteiger partial charge in [0.2, 0.25) is 0 Å². The highest BCUT2D eigenvalue weighted by Gasteiger charge is 2.20. The zero-order chi connectivity index (χ0) is 20.8. The molecule has 0 atom stereocenters. The third-order valence-electron chi connectivity index (χ3n) is 5.05. The summed E-state index contributed by atoms with van der Waals surface area (Å²) in [6, 6.07) is 18.0. The number of thiophene rings is 4. The van der Waals surface area contributed by atoms with E-state index in [1.165, 1.54) is 52.9 Å². The number of aryl methyl sites for hydroxylation is 2. The number of halogens is 2. The van der Waals surface area contributed by atoms with Crippen LogP contribution in [-0.2, 0) is 0 Å². The van der Waals surface area contributed by atoms with Gasteiger partial charge in [0.05, 0.1) is 7.57 Å². The highest BCUT2D eigenvalue weighted by Crippen LogP contribution is 2.48. The van der Waals surface area contributed by atoms with Crippen LogP contribution in [0.2, 0.25) is 0 Å². The van der Waals surface area contributed by atoms with Crippen molar-refractivity contribution in [2.45, 2.75) is 13.8 Å². The summed E-state index contributed by atoms with van der Waals surface area (Å²) in [7, 11) is 0. The van der Waals surface area contributed by atoms with E-state index >= 15 is 0 Å². The standard InChI is InChI=1S/C24H16Br2S4/c1-13-7-9-27-23(13)17-11-16(20-4-6-22(26)30-20)18(24-14(2)8-10-28-24)12-15(17)19-3-5-21(25)29-19/h3-12H,1-2H3. The quantitative estimate of drug-likeness (QED) is 0.195. The highest BCUT2D eigenvalue weighted by atomic mass is 79.9. The molecule has 0 radical (unpaired) electrons. The minimum Gasteiger partial charge on any atom is -0.144 e. The molecule has 6 heteroatoms. The summed E-state index contributed by atoms with van der Waals surface area (Å²) >= 11 is 14.6. The van der Waals surface area contributed by atoms with Crippen molar-refractivity contribution in [3.8, 4) is 41.8 Å². The van der Waals surface area contributed by atoms with Crippen LogP contribution in [0.25, 0.3) is 41.8 Å². The zero-order valence-corrected chi connectivity index (χ0v) is 22.6. The first-order valence-corrected chi connectivity index (χ1v) is 14.3. The van der Waals surface area contributed by atoms with E-state index in [0.29, 0.717) is 0 Å². The summed E-state index contributed by atoms with van der Waals surface area (Å²) in [5, 5.41) is 4.38. The van der Waals surface area contributed by atoms with Crippen LogP contribution in [0.3, 0.4) is 0 Å². The largest absolute Gasteiger partial charge is 0.144 e. The number of rotatable bonds is 4. The molecule has 5 rings (SSSR count). The third-order valence-corrected chi connectivity index (χ3v) is 10.5. The van der Waals surface area contributed by atoms with Gasteiger partial charge in [-0.2, -0.15) is 0 Å². The average molecular weight is 592 g/mol. The van der Waals surface area contributed by atoms with E-state index in [1.807, 2.05) is 22.7 Å². The van der Waals surface area contributed by atoms with Crippen LogP contribution in [0.5, 0.6) is 0 Å². The summed E-state index contributed by atoms with van der Waals surface area (Å²) in [6.07, 6.45) is 0. The molecular formula is C24H16Br2S4. The van der Waals surface area contributed by atoms with Crippen LogP contribution in [0, 0.1) is 13.8 Å². The van der Waals surface area contributed by atoms with Crippen LogP contribution in [0.4, 0.5) is 0 Å². The molecule has 0 bridgehead atoms. The lowest BCUT2D eigenvalue weighted by Crippen LogP contribution is -1.90. The Labute approximate surface area is 209 Å². The minimum absolute atomic E-state index is 1.16. The van der Waals surface area contributed by atoms with Crippen LogP contribution in [0.1, 0.15) is 11.1 Å². The van der Waals surface area contributed by atoms with Gasteiger partial charge in [0.25, 0.3) is 0 Å². The molecule has 0 nitrogen and oxygen atoms in total. The summed E-state index contributed by atoms with van der Waals surface area (Å²) in [4.78, 5) is 5.28. The Morgan fingerprint density at radius 2 is 1.00 bits per heavy atom. The summed E-state index contributed by atoms with van der Waals surface area (Å²) in [6.45, 7) is 4.41. The van der Waals surface area contributed by atoms with Crippen LogP contribution in [-0.4, -0.2) is 0 Å². The lowest BCUT2D eigenvalue weighted by Gasteiger charge is -2.16. The first-order valence-electron chi connectivity index (χ1n) is 9.29. The van der Waals surface area contributed by atoms with Crippen molar-refractivity contribution >= 4 is 77.2 Å². The van der Waals surface area contributed by atoms with Crippen molar-refractivity contribution in [2.24, 2.45) is 0 Å². The molecule has 0 aliphatic rings. The fourth-order valence-corrected chi connectivity index (χ4v) is 8.35. The molecule has 0 spiro atoms. The second-order valence-corrected chi connectivity index (χ2v) is 13.8. The van der Waals surface area contributed by atoms with Gasteiger partial charge in [0.1, 0.15) is 0 Å². The fourth-order valence-electron chi connectivity index (χ4n) is 3.60. The van der Waals surface area contributed by atoms with E-state index in [9.17, 15) is 0 Å². The number of hydrogen-bond donors (Lipinski definition) is 0. The predicted molar refractivity (Wildman–Crippen MR) is 145 cm³/mol. The molecule has 4 aromatic heterocycles. The smallest absolute Gasteiger partial charge is 0.0705 e. The monoisotopic (exact) mass is 590 g/mol. The van der Waals surface area contributed by atoms with Crippen molar-refractivity contribution in [2.75, 3.05) is 0 Å². The minimum atomic E-state index is 1.16. The Hall–Kier alpha value is -1.02. The molecule has 5 aromatic rings. The molecule has 1 aromatic carbocycles. The average Bonchev–Trinajstić information content (AvgIpc) is 3.51. The van der Waals surface area contributed by atoms with Gasteiger partial charge in [-0.15, -0.1) is 45.3 Å². The maximum absolute atomic E-state index is 3.66. The van der Waals surface area contributed by atoms with Crippen molar-refractivity contribution in [1.29, 1.82) is 0 Å². The second-order valence-electron chi connectivity index (χ2n) is 7.02. The molecule has 4 heterocycles. The van der Waals surface area contributed by atoms with E-state index in [0.717, 1.165) is 7.57 Å². The van der Waals surface area contributed by atoms with Crippen LogP contribution >= 0.6 is 77.2 Å². The van der Waals surface area contributed by atoms with Crippen molar-refractivity contribution < 1.29 is 0 Å². The van der Waals surface area contributed by atoms with Gasteiger partial charge in [0.15, 0.2) is 0 Å². The van der Waals surface area contributed by atoms with Crippen LogP contribution in [0.15, 0.2) is 66.9 Å². The van der Waals surface area contributed by atoms with Gasteiger partial charge in [-0.1, -0.05) is 0 Å². The fraction of sp³-hybridized carbons (Fsp3) is 0.0833. The highest BCUT2D eigenvalue weighted by molar-refractivity contribution is 9.11. The molecule has 0 N–H and O–H groups in total. The van der Waals surface area contributed by atoms with Gasteiger partial charge in [-0.25, -0.2) is 0 Å². The van der Waals surface area contributed by atoms with Gasteiger partial charge in [-0.3, -0.25) is 0 Å². The number of hydrogen-bond acceptors (Lipinski definition) is 4. The van der Waals surface area contributed by atoms with E-state index in [1.54, 1.807) is 22.7 Å². The molecule has 0 saturated carbocycles. The van der Waals surface area contributed by atoms with Gasteiger partial charge < -0.3 is 0 Å². The molecule has 0 amide bonds. The Morgan fingerprint density at radius 3 is 1.30 bits per heavy atom. The Kier molecular flexibility index (Phi) is 5.90. The molecule has 0 aliphatic carbocycles. The summed E-state index contributed by atoms with van der Waals surface area (Å²) in [5.41, 5.74) is 7.89. The maximum Gasteiger partial charge on any atom is 0.0705 e. The second kappa shape index (κ2) is 8.49. The van der Waals surface area contributed by atoms with Crippen molar-refractivity contribution in [3.63, 3.8) is 0 Å². The van der Waals surface area contributed by atoms with Crippen LogP contribution < -0.4 is 0 Å². The summed E-state index contributed by atoms with van der Waals surface area (Å²) in [5.74, 6) is 0. The Morgan fingerprint density at radius 1 is 0.567 bits per heavy atom. The van der Waals surface area contributed by atoms with Gasteiger partial charge >= 0.3 is 0 Å². The maximum atomic E-state index is 3.66. The van der Waals surface area contributed by atoms with E-state index in [2.05, 4.69) is 105 Å². The summed E-state index contributed by atoms with van der Waals surface area (Å²) < 4.78 is 2.32. The Bertz CT molecular complexity index is 1240. The first-order chi connectivity index (χ1) is 14.5. The molecule has 0 unspecified atom stereocenters. The Balaban J connectivity index is 1.86. The zero-order valence-electron chi connectivity index (χ0n) is 16.2. The van der Waals surface area contributed by atoms with Gasteiger partial charge in [-0.05, 0) is 116 Å². The van der Waals surface area contributed by atoms with Crippen molar-refractivity contribution in [3.05, 3.63) is 78.0 Å². The molecule has 0 fully saturated rings. The topological polar surface area (TPSA) is 0 Å². The van der Waals surface area contributed by atoms with Gasteiger partial charge in [0, 0.05) is 41.8 Å². The number of benzene rings is 1. The lowest BCUT2D eigenvalue weighted by molar-refractivity contribution is 1.52. The lowest BCUT2D eigenvalue weighted by atomic mass is 9.93. The molecule has 150 valence electrons.